The number of alkyl halides is 1. The van der Waals surface area contributed by atoms with Crippen LogP contribution < -0.4 is 0 Å². The van der Waals surface area contributed by atoms with E-state index in [1.54, 1.807) is 0 Å². The number of nitrogens with zero attached hydrogens (tertiary/aromatic N) is 1. The second kappa shape index (κ2) is 6.02. The Bertz CT molecular complexity index is 337. The fraction of sp³-hybridized carbons (Fsp3) is 0.300. The minimum Gasteiger partial charge on any atom is -0.374 e. The lowest BCUT2D eigenvalue weighted by Gasteiger charge is -2.04. The molecule has 1 atom stereocenters. The first-order valence-electron chi connectivity index (χ1n) is 4.08. The maximum absolute atomic E-state index is 8.41. The number of ether oxygens (including phenoxy) is 1. The van der Waals surface area contributed by atoms with Gasteiger partial charge in [-0.15, -0.1) is 11.6 Å². The van der Waals surface area contributed by atoms with Crippen molar-refractivity contribution in [2.24, 2.45) is 0 Å². The average molecular weight is 275 g/mol. The van der Waals surface area contributed by atoms with Crippen molar-refractivity contribution in [3.63, 3.8) is 0 Å². The maximum atomic E-state index is 8.41. The van der Waals surface area contributed by atoms with Crippen molar-refractivity contribution in [1.29, 1.82) is 5.26 Å². The Morgan fingerprint density at radius 3 is 3.00 bits per heavy atom. The van der Waals surface area contributed by atoms with Gasteiger partial charge in [0.05, 0.1) is 19.3 Å². The Labute approximate surface area is 96.6 Å². The molecule has 1 unspecified atom stereocenters. The summed E-state index contributed by atoms with van der Waals surface area (Å²) in [5, 5.41) is 7.84. The highest BCUT2D eigenvalue weighted by molar-refractivity contribution is 9.10. The fourth-order valence-electron chi connectivity index (χ4n) is 0.944. The molecule has 0 radical (unpaired) electrons. The lowest BCUT2D eigenvalue weighted by atomic mass is 10.2. The van der Waals surface area contributed by atoms with Gasteiger partial charge in [0.15, 0.2) is 0 Å². The van der Waals surface area contributed by atoms with Crippen LogP contribution in [0.1, 0.15) is 5.56 Å². The van der Waals surface area contributed by atoms with Crippen LogP contribution in [0.3, 0.4) is 0 Å². The topological polar surface area (TPSA) is 33.0 Å². The SMILES string of the molecule is N#CC(Cl)COCc1cccc(Br)c1. The third kappa shape index (κ3) is 4.10. The zero-order chi connectivity index (χ0) is 10.4. The standard InChI is InChI=1S/C10H9BrClNO/c11-9-3-1-2-8(4-9)6-14-7-10(12)5-13/h1-4,10H,6-7H2. The molecule has 1 rings (SSSR count). The monoisotopic (exact) mass is 273 g/mol. The van der Waals surface area contributed by atoms with Crippen LogP contribution in [0.25, 0.3) is 0 Å². The molecule has 0 aliphatic heterocycles. The average Bonchev–Trinajstić information content (AvgIpc) is 2.17. The van der Waals surface area contributed by atoms with E-state index in [1.165, 1.54) is 0 Å². The lowest BCUT2D eigenvalue weighted by molar-refractivity contribution is 0.128. The molecule has 14 heavy (non-hydrogen) atoms. The van der Waals surface area contributed by atoms with Crippen LogP contribution in [0.15, 0.2) is 28.7 Å². The zero-order valence-electron chi connectivity index (χ0n) is 7.41. The van der Waals surface area contributed by atoms with E-state index in [2.05, 4.69) is 15.9 Å². The summed E-state index contributed by atoms with van der Waals surface area (Å²) in [6.07, 6.45) is 0. The molecule has 0 heterocycles. The highest BCUT2D eigenvalue weighted by atomic mass is 79.9. The maximum Gasteiger partial charge on any atom is 0.143 e. The van der Waals surface area contributed by atoms with Crippen LogP contribution in [0.5, 0.6) is 0 Å². The van der Waals surface area contributed by atoms with E-state index < -0.39 is 5.38 Å². The number of hydrogen-bond acceptors (Lipinski definition) is 2. The number of nitriles is 1. The van der Waals surface area contributed by atoms with Gasteiger partial charge < -0.3 is 4.74 Å². The first-order chi connectivity index (χ1) is 6.72. The molecule has 1 aromatic carbocycles. The number of halogens is 2. The zero-order valence-corrected chi connectivity index (χ0v) is 9.75. The smallest absolute Gasteiger partial charge is 0.143 e. The quantitative estimate of drug-likeness (QED) is 0.791. The van der Waals surface area contributed by atoms with Crippen LogP contribution in [0, 0.1) is 11.3 Å². The number of rotatable bonds is 4. The third-order valence-corrected chi connectivity index (χ3v) is 2.28. The lowest BCUT2D eigenvalue weighted by Crippen LogP contribution is -2.06. The van der Waals surface area contributed by atoms with E-state index in [1.807, 2.05) is 30.3 Å². The summed E-state index contributed by atoms with van der Waals surface area (Å²) in [6.45, 7) is 0.731. The van der Waals surface area contributed by atoms with Crippen molar-refractivity contribution in [2.75, 3.05) is 6.61 Å². The molecule has 0 bridgehead atoms. The van der Waals surface area contributed by atoms with Gasteiger partial charge in [0.2, 0.25) is 0 Å². The summed E-state index contributed by atoms with van der Waals surface area (Å²) in [4.78, 5) is 0. The van der Waals surface area contributed by atoms with Crippen molar-refractivity contribution in [2.45, 2.75) is 12.0 Å². The molecule has 0 amide bonds. The van der Waals surface area contributed by atoms with Crippen molar-refractivity contribution >= 4 is 27.5 Å². The Morgan fingerprint density at radius 2 is 2.36 bits per heavy atom. The van der Waals surface area contributed by atoms with Gasteiger partial charge in [0, 0.05) is 4.47 Å². The summed E-state index contributed by atoms with van der Waals surface area (Å²) in [5.41, 5.74) is 1.06. The van der Waals surface area contributed by atoms with Crippen LogP contribution >= 0.6 is 27.5 Å². The van der Waals surface area contributed by atoms with Crippen LogP contribution in [-0.4, -0.2) is 12.0 Å². The molecule has 0 fully saturated rings. The van der Waals surface area contributed by atoms with Crippen LogP contribution in [-0.2, 0) is 11.3 Å². The molecule has 0 aromatic heterocycles. The molecule has 2 nitrogen and oxygen atoms in total. The number of hydrogen-bond donors (Lipinski definition) is 0. The van der Waals surface area contributed by atoms with E-state index in [-0.39, 0.29) is 6.61 Å². The summed E-state index contributed by atoms with van der Waals surface area (Å²) < 4.78 is 6.27. The summed E-state index contributed by atoms with van der Waals surface area (Å²) in [5.74, 6) is 0. The summed E-state index contributed by atoms with van der Waals surface area (Å²) in [6, 6.07) is 9.70. The molecule has 0 spiro atoms. The van der Waals surface area contributed by atoms with E-state index in [0.29, 0.717) is 6.61 Å². The molecule has 0 saturated carbocycles. The second-order valence-corrected chi connectivity index (χ2v) is 4.18. The largest absolute Gasteiger partial charge is 0.374 e. The molecule has 74 valence electrons. The minimum atomic E-state index is -0.567. The van der Waals surface area contributed by atoms with Crippen molar-refractivity contribution in [1.82, 2.24) is 0 Å². The van der Waals surface area contributed by atoms with Gasteiger partial charge in [-0.2, -0.15) is 5.26 Å². The van der Waals surface area contributed by atoms with Crippen molar-refractivity contribution < 1.29 is 4.74 Å². The molecule has 1 aromatic rings. The van der Waals surface area contributed by atoms with Gasteiger partial charge in [-0.05, 0) is 17.7 Å². The van der Waals surface area contributed by atoms with Gasteiger partial charge in [0.1, 0.15) is 5.38 Å². The normalized spacial score (nSPS) is 12.1. The highest BCUT2D eigenvalue weighted by Gasteiger charge is 2.01. The molecular formula is C10H9BrClNO. The Kier molecular flexibility index (Phi) is 4.95. The summed E-state index contributed by atoms with van der Waals surface area (Å²) in [7, 11) is 0. The van der Waals surface area contributed by atoms with Crippen LogP contribution in [0.2, 0.25) is 0 Å². The molecule has 4 heteroatoms. The van der Waals surface area contributed by atoms with Gasteiger partial charge >= 0.3 is 0 Å². The Morgan fingerprint density at radius 1 is 1.57 bits per heavy atom. The van der Waals surface area contributed by atoms with Gasteiger partial charge in [-0.3, -0.25) is 0 Å². The highest BCUT2D eigenvalue weighted by Crippen LogP contribution is 2.12. The molecule has 0 aliphatic rings. The predicted molar refractivity (Wildman–Crippen MR) is 59.1 cm³/mol. The second-order valence-electron chi connectivity index (χ2n) is 2.74. The van der Waals surface area contributed by atoms with Crippen molar-refractivity contribution in [3.8, 4) is 6.07 Å². The van der Waals surface area contributed by atoms with Crippen molar-refractivity contribution in [3.05, 3.63) is 34.3 Å². The first kappa shape index (κ1) is 11.5. The Hall–Kier alpha value is -0.560. The van der Waals surface area contributed by atoms with Gasteiger partial charge in [0.25, 0.3) is 0 Å². The fourth-order valence-corrected chi connectivity index (χ4v) is 1.48. The van der Waals surface area contributed by atoms with E-state index in [4.69, 9.17) is 21.6 Å². The Balaban J connectivity index is 2.36. The predicted octanol–water partition coefficient (Wildman–Crippen LogP) is 3.10. The van der Waals surface area contributed by atoms with Crippen LogP contribution in [0.4, 0.5) is 0 Å². The summed E-state index contributed by atoms with van der Waals surface area (Å²) >= 11 is 8.93. The van der Waals surface area contributed by atoms with E-state index in [9.17, 15) is 0 Å². The van der Waals surface area contributed by atoms with E-state index in [0.717, 1.165) is 10.0 Å². The van der Waals surface area contributed by atoms with Gasteiger partial charge in [-0.1, -0.05) is 28.1 Å². The number of benzene rings is 1. The van der Waals surface area contributed by atoms with Gasteiger partial charge in [-0.25, -0.2) is 0 Å². The molecular weight excluding hydrogens is 265 g/mol. The molecule has 0 saturated heterocycles. The third-order valence-electron chi connectivity index (χ3n) is 1.56. The molecule has 0 N–H and O–H groups in total. The van der Waals surface area contributed by atoms with E-state index >= 15 is 0 Å². The first-order valence-corrected chi connectivity index (χ1v) is 5.31. The molecule has 0 aliphatic carbocycles. The minimum absolute atomic E-state index is 0.255.